The van der Waals surface area contributed by atoms with Gasteiger partial charge in [-0.25, -0.2) is 4.79 Å². The summed E-state index contributed by atoms with van der Waals surface area (Å²) in [5, 5.41) is 9.49. The first-order chi connectivity index (χ1) is 8.54. The number of hydrogen-bond donors (Lipinski definition) is 1. The molecule has 18 heavy (non-hydrogen) atoms. The standard InChI is InChI=1S/C11H11BrF2O4/c12-4-1-5-17-9-6-7(10(15)16)2-3-8(9)18-11(13)14/h2-3,6,11H,1,4-5H2,(H,15,16). The first-order valence-electron chi connectivity index (χ1n) is 5.05. The molecule has 0 spiro atoms. The molecule has 1 rings (SSSR count). The number of benzene rings is 1. The Bertz CT molecular complexity index is 412. The van der Waals surface area contributed by atoms with Gasteiger partial charge in [-0.15, -0.1) is 0 Å². The Hall–Kier alpha value is -1.37. The number of rotatable bonds is 7. The number of aromatic carboxylic acids is 1. The van der Waals surface area contributed by atoms with Gasteiger partial charge >= 0.3 is 12.6 Å². The first kappa shape index (κ1) is 14.7. The highest BCUT2D eigenvalue weighted by molar-refractivity contribution is 9.09. The van der Waals surface area contributed by atoms with Crippen LogP contribution in [0.3, 0.4) is 0 Å². The maximum atomic E-state index is 12.1. The fraction of sp³-hybridized carbons (Fsp3) is 0.364. The number of carbonyl (C=O) groups is 1. The van der Waals surface area contributed by atoms with E-state index in [0.717, 1.165) is 12.1 Å². The number of alkyl halides is 3. The van der Waals surface area contributed by atoms with Crippen LogP contribution in [-0.4, -0.2) is 29.6 Å². The lowest BCUT2D eigenvalue weighted by atomic mass is 10.2. The summed E-state index contributed by atoms with van der Waals surface area (Å²) in [6, 6.07) is 3.49. The largest absolute Gasteiger partial charge is 0.490 e. The van der Waals surface area contributed by atoms with Gasteiger partial charge in [0.2, 0.25) is 0 Å². The van der Waals surface area contributed by atoms with Crippen LogP contribution in [0.25, 0.3) is 0 Å². The molecule has 0 saturated carbocycles. The molecule has 0 fully saturated rings. The third kappa shape index (κ3) is 4.48. The van der Waals surface area contributed by atoms with Gasteiger partial charge in [0.1, 0.15) is 0 Å². The van der Waals surface area contributed by atoms with E-state index in [2.05, 4.69) is 20.7 Å². The number of carboxylic acid groups (broad SMARTS) is 1. The summed E-state index contributed by atoms with van der Waals surface area (Å²) in [5.41, 5.74) is -0.0505. The molecule has 0 aliphatic heterocycles. The van der Waals surface area contributed by atoms with Crippen LogP contribution in [0.15, 0.2) is 18.2 Å². The Kier molecular flexibility index (Phi) is 5.84. The molecule has 0 aliphatic rings. The van der Waals surface area contributed by atoms with E-state index in [4.69, 9.17) is 9.84 Å². The van der Waals surface area contributed by atoms with E-state index < -0.39 is 12.6 Å². The van der Waals surface area contributed by atoms with Crippen molar-refractivity contribution in [1.29, 1.82) is 0 Å². The zero-order valence-electron chi connectivity index (χ0n) is 9.24. The summed E-state index contributed by atoms with van der Waals surface area (Å²) >= 11 is 3.19. The van der Waals surface area contributed by atoms with Crippen molar-refractivity contribution in [3.63, 3.8) is 0 Å². The van der Waals surface area contributed by atoms with Gasteiger partial charge in [0.25, 0.3) is 0 Å². The number of hydrogen-bond acceptors (Lipinski definition) is 3. The molecule has 0 heterocycles. The second kappa shape index (κ2) is 7.15. The van der Waals surface area contributed by atoms with Crippen molar-refractivity contribution in [3.05, 3.63) is 23.8 Å². The average Bonchev–Trinajstić information content (AvgIpc) is 2.30. The lowest BCUT2D eigenvalue weighted by Gasteiger charge is -2.12. The fourth-order valence-corrected chi connectivity index (χ4v) is 1.41. The maximum absolute atomic E-state index is 12.1. The van der Waals surface area contributed by atoms with Crippen LogP contribution < -0.4 is 9.47 Å². The van der Waals surface area contributed by atoms with E-state index in [1.165, 1.54) is 6.07 Å². The van der Waals surface area contributed by atoms with Crippen LogP contribution >= 0.6 is 15.9 Å². The van der Waals surface area contributed by atoms with Gasteiger partial charge < -0.3 is 14.6 Å². The quantitative estimate of drug-likeness (QED) is 0.618. The molecule has 0 radical (unpaired) electrons. The van der Waals surface area contributed by atoms with Gasteiger partial charge in [-0.2, -0.15) is 8.78 Å². The van der Waals surface area contributed by atoms with Crippen molar-refractivity contribution >= 4 is 21.9 Å². The van der Waals surface area contributed by atoms with Gasteiger partial charge in [-0.3, -0.25) is 0 Å². The second-order valence-electron chi connectivity index (χ2n) is 3.24. The Labute approximate surface area is 111 Å². The van der Waals surface area contributed by atoms with Crippen LogP contribution in [0.2, 0.25) is 0 Å². The smallest absolute Gasteiger partial charge is 0.387 e. The van der Waals surface area contributed by atoms with Crippen LogP contribution in [0.4, 0.5) is 8.78 Å². The molecule has 1 N–H and O–H groups in total. The predicted molar refractivity (Wildman–Crippen MR) is 63.9 cm³/mol. The maximum Gasteiger partial charge on any atom is 0.387 e. The zero-order valence-corrected chi connectivity index (χ0v) is 10.8. The molecule has 4 nitrogen and oxygen atoms in total. The number of carboxylic acids is 1. The molecule has 0 aliphatic carbocycles. The minimum absolute atomic E-state index is 0.00356. The average molecular weight is 325 g/mol. The topological polar surface area (TPSA) is 55.8 Å². The van der Waals surface area contributed by atoms with E-state index in [-0.39, 0.29) is 23.7 Å². The third-order valence-electron chi connectivity index (χ3n) is 1.94. The van der Waals surface area contributed by atoms with Gasteiger partial charge in [0.15, 0.2) is 11.5 Å². The highest BCUT2D eigenvalue weighted by Crippen LogP contribution is 2.30. The minimum Gasteiger partial charge on any atom is -0.490 e. The summed E-state index contributed by atoms with van der Waals surface area (Å²) in [5.74, 6) is -1.34. The van der Waals surface area contributed by atoms with E-state index >= 15 is 0 Å². The van der Waals surface area contributed by atoms with Crippen LogP contribution in [-0.2, 0) is 0 Å². The molecule has 0 saturated heterocycles. The lowest BCUT2D eigenvalue weighted by molar-refractivity contribution is -0.0514. The summed E-state index contributed by atoms with van der Waals surface area (Å²) in [4.78, 5) is 10.8. The van der Waals surface area contributed by atoms with E-state index in [1.807, 2.05) is 0 Å². The van der Waals surface area contributed by atoms with Crippen LogP contribution in [0, 0.1) is 0 Å². The molecule has 0 aromatic heterocycles. The molecule has 1 aromatic rings. The molecule has 1 aromatic carbocycles. The molecular formula is C11H11BrF2O4. The Morgan fingerprint density at radius 2 is 2.11 bits per heavy atom. The van der Waals surface area contributed by atoms with Crippen molar-refractivity contribution < 1.29 is 28.2 Å². The molecule has 0 amide bonds. The van der Waals surface area contributed by atoms with Crippen molar-refractivity contribution in [3.8, 4) is 11.5 Å². The van der Waals surface area contributed by atoms with Crippen LogP contribution in [0.5, 0.6) is 11.5 Å². The zero-order chi connectivity index (χ0) is 13.5. The Morgan fingerprint density at radius 1 is 1.39 bits per heavy atom. The summed E-state index contributed by atoms with van der Waals surface area (Å²) in [6.45, 7) is -2.72. The lowest BCUT2D eigenvalue weighted by Crippen LogP contribution is -2.07. The van der Waals surface area contributed by atoms with E-state index in [1.54, 1.807) is 0 Å². The summed E-state index contributed by atoms with van der Waals surface area (Å²) in [6.07, 6.45) is 0.658. The highest BCUT2D eigenvalue weighted by atomic mass is 79.9. The molecule has 0 unspecified atom stereocenters. The fourth-order valence-electron chi connectivity index (χ4n) is 1.18. The van der Waals surface area contributed by atoms with Gasteiger partial charge in [-0.1, -0.05) is 15.9 Å². The van der Waals surface area contributed by atoms with Crippen molar-refractivity contribution in [2.45, 2.75) is 13.0 Å². The molecular weight excluding hydrogens is 314 g/mol. The number of halogens is 3. The molecule has 100 valence electrons. The van der Waals surface area contributed by atoms with Gasteiger partial charge in [-0.05, 0) is 24.6 Å². The van der Waals surface area contributed by atoms with Gasteiger partial charge in [0.05, 0.1) is 12.2 Å². The molecule has 7 heteroatoms. The van der Waals surface area contributed by atoms with E-state index in [9.17, 15) is 13.6 Å². The summed E-state index contributed by atoms with van der Waals surface area (Å²) < 4.78 is 33.8. The van der Waals surface area contributed by atoms with Crippen molar-refractivity contribution in [1.82, 2.24) is 0 Å². The van der Waals surface area contributed by atoms with E-state index in [0.29, 0.717) is 11.8 Å². The van der Waals surface area contributed by atoms with Gasteiger partial charge in [0, 0.05) is 5.33 Å². The summed E-state index contributed by atoms with van der Waals surface area (Å²) in [7, 11) is 0. The monoisotopic (exact) mass is 324 g/mol. The highest BCUT2D eigenvalue weighted by Gasteiger charge is 2.14. The van der Waals surface area contributed by atoms with Crippen LogP contribution in [0.1, 0.15) is 16.8 Å². The molecule has 0 atom stereocenters. The predicted octanol–water partition coefficient (Wildman–Crippen LogP) is 3.15. The normalized spacial score (nSPS) is 10.4. The SMILES string of the molecule is O=C(O)c1ccc(OC(F)F)c(OCCCBr)c1. The molecule has 0 bridgehead atoms. The minimum atomic E-state index is -2.99. The Balaban J connectivity index is 2.90. The van der Waals surface area contributed by atoms with Crippen molar-refractivity contribution in [2.24, 2.45) is 0 Å². The van der Waals surface area contributed by atoms with Crippen molar-refractivity contribution in [2.75, 3.05) is 11.9 Å². The first-order valence-corrected chi connectivity index (χ1v) is 6.17. The third-order valence-corrected chi connectivity index (χ3v) is 2.50. The number of ether oxygens (including phenoxy) is 2. The Morgan fingerprint density at radius 3 is 2.67 bits per heavy atom. The second-order valence-corrected chi connectivity index (χ2v) is 4.03.